The molecule has 1 aromatic rings. The summed E-state index contributed by atoms with van der Waals surface area (Å²) in [5, 5.41) is 37.7. The van der Waals surface area contributed by atoms with Gasteiger partial charge < -0.3 is 26.0 Å². The van der Waals surface area contributed by atoms with Crippen molar-refractivity contribution in [2.75, 3.05) is 18.5 Å². The zero-order valence-corrected chi connectivity index (χ0v) is 24.4. The number of nitrogens with one attached hydrogen (secondary N) is 2. The van der Waals surface area contributed by atoms with Crippen LogP contribution in [-0.2, 0) is 16.0 Å². The quantitative estimate of drug-likeness (QED) is 0.325. The molecule has 37 heavy (non-hydrogen) atoms. The van der Waals surface area contributed by atoms with Gasteiger partial charge in [0.1, 0.15) is 0 Å². The van der Waals surface area contributed by atoms with Crippen molar-refractivity contribution in [2.24, 2.45) is 28.1 Å². The number of rotatable bonds is 9. The van der Waals surface area contributed by atoms with E-state index in [1.54, 1.807) is 0 Å². The third-order valence-electron chi connectivity index (χ3n) is 8.56. The zero-order valence-electron chi connectivity index (χ0n) is 23.6. The summed E-state index contributed by atoms with van der Waals surface area (Å²) in [7, 11) is 0. The van der Waals surface area contributed by atoms with Crippen molar-refractivity contribution in [1.29, 1.82) is 0 Å². The van der Waals surface area contributed by atoms with Gasteiger partial charge in [0.15, 0.2) is 5.13 Å². The van der Waals surface area contributed by atoms with Gasteiger partial charge in [0.05, 0.1) is 31.1 Å². The number of aliphatic hydroxyl groups is 3. The predicted molar refractivity (Wildman–Crippen MR) is 146 cm³/mol. The Labute approximate surface area is 225 Å². The number of nitrogens with zero attached hydrogens (tertiary/aromatic N) is 1. The van der Waals surface area contributed by atoms with Gasteiger partial charge in [0.25, 0.3) is 0 Å². The van der Waals surface area contributed by atoms with Gasteiger partial charge in [-0.15, -0.1) is 11.3 Å². The number of thiazole rings is 1. The first kappa shape index (κ1) is 30.0. The highest BCUT2D eigenvalue weighted by molar-refractivity contribution is 7.15. The fourth-order valence-corrected chi connectivity index (χ4v) is 7.65. The lowest BCUT2D eigenvalue weighted by atomic mass is 9.47. The van der Waals surface area contributed by atoms with Crippen LogP contribution in [0.1, 0.15) is 97.1 Å². The van der Waals surface area contributed by atoms with E-state index in [-0.39, 0.29) is 60.2 Å². The molecule has 210 valence electrons. The van der Waals surface area contributed by atoms with E-state index in [0.717, 1.165) is 10.6 Å². The number of carbonyl (C=O) groups excluding carboxylic acids is 2. The smallest absolute Gasteiger partial charge is 0.226 e. The molecule has 2 aliphatic rings. The number of aromatic nitrogens is 1. The van der Waals surface area contributed by atoms with Crippen LogP contribution in [0.3, 0.4) is 0 Å². The van der Waals surface area contributed by atoms with Crippen molar-refractivity contribution in [3.05, 3.63) is 10.6 Å². The maximum absolute atomic E-state index is 13.3. The lowest BCUT2D eigenvalue weighted by Crippen LogP contribution is -2.58. The van der Waals surface area contributed by atoms with Gasteiger partial charge >= 0.3 is 0 Å². The van der Waals surface area contributed by atoms with Gasteiger partial charge in [-0.2, -0.15) is 0 Å². The summed E-state index contributed by atoms with van der Waals surface area (Å²) in [6, 6.07) is -0.308. The highest BCUT2D eigenvalue weighted by Gasteiger charge is 2.59. The van der Waals surface area contributed by atoms with Crippen LogP contribution >= 0.6 is 11.3 Å². The second-order valence-electron chi connectivity index (χ2n) is 13.4. The van der Waals surface area contributed by atoms with E-state index >= 15 is 0 Å². The Morgan fingerprint density at radius 1 is 1.19 bits per heavy atom. The number of aliphatic hydroxyl groups excluding tert-OH is 3. The summed E-state index contributed by atoms with van der Waals surface area (Å²) in [6.07, 6.45) is 2.52. The van der Waals surface area contributed by atoms with Crippen molar-refractivity contribution in [2.45, 2.75) is 105 Å². The Morgan fingerprint density at radius 2 is 1.86 bits per heavy atom. The van der Waals surface area contributed by atoms with Crippen LogP contribution in [0.2, 0.25) is 0 Å². The molecule has 1 aromatic heterocycles. The molecular weight excluding hydrogens is 490 g/mol. The second kappa shape index (κ2) is 11.3. The molecule has 0 unspecified atom stereocenters. The summed E-state index contributed by atoms with van der Waals surface area (Å²) < 4.78 is 0. The van der Waals surface area contributed by atoms with E-state index < -0.39 is 11.5 Å². The molecule has 1 fully saturated rings. The maximum atomic E-state index is 13.3. The van der Waals surface area contributed by atoms with Crippen molar-refractivity contribution >= 4 is 28.3 Å². The third kappa shape index (κ3) is 6.54. The second-order valence-corrected chi connectivity index (χ2v) is 14.5. The summed E-state index contributed by atoms with van der Waals surface area (Å²) in [5.41, 5.74) is -0.382. The largest absolute Gasteiger partial charge is 0.396 e. The molecule has 0 aliphatic heterocycles. The SMILES string of the molecule is CC(C)C[C@H](CO)NC(=O)C[C@@H]1c2nc(NC(=O)CC(C)(C)C)sc2C[C@@H]2[C@](C)(CO)[C@H](O)CC[C@]21C. The molecule has 6 atom stereocenters. The minimum absolute atomic E-state index is 0.0538. The van der Waals surface area contributed by atoms with Crippen molar-refractivity contribution in [3.8, 4) is 0 Å². The molecule has 1 heterocycles. The average molecular weight is 538 g/mol. The van der Waals surface area contributed by atoms with Crippen LogP contribution in [0.25, 0.3) is 0 Å². The molecular formula is C28H47N3O5S. The maximum Gasteiger partial charge on any atom is 0.226 e. The van der Waals surface area contributed by atoms with Gasteiger partial charge in [-0.05, 0) is 48.3 Å². The van der Waals surface area contributed by atoms with Gasteiger partial charge in [-0.3, -0.25) is 9.59 Å². The molecule has 1 saturated carbocycles. The Hall–Kier alpha value is -1.55. The number of carbonyl (C=O) groups is 2. The fraction of sp³-hybridized carbons (Fsp3) is 0.821. The monoisotopic (exact) mass is 537 g/mol. The van der Waals surface area contributed by atoms with E-state index in [1.807, 2.05) is 27.7 Å². The molecule has 2 aliphatic carbocycles. The van der Waals surface area contributed by atoms with Gasteiger partial charge in [-0.1, -0.05) is 48.5 Å². The standard InChI is InChI=1S/C28H47N3O5S/c1-16(2)10-17(14-32)29-22(35)11-18-24-19(37-25(31-24)30-23(36)13-26(3,4)5)12-20-27(18,6)9-8-21(34)28(20,7)15-33/h16-18,20-21,32-34H,8-15H2,1-7H3,(H,29,35)(H,30,31,36)/t17-,18-,20+,21-,27+,28+/m1/s1. The molecule has 3 rings (SSSR count). The number of fused-ring (bicyclic) bond motifs is 2. The third-order valence-corrected chi connectivity index (χ3v) is 9.57. The van der Waals surface area contributed by atoms with E-state index in [9.17, 15) is 24.9 Å². The van der Waals surface area contributed by atoms with Crippen LogP contribution in [0.5, 0.6) is 0 Å². The highest BCUT2D eigenvalue weighted by atomic mass is 32.1. The van der Waals surface area contributed by atoms with Gasteiger partial charge in [-0.25, -0.2) is 4.98 Å². The molecule has 0 aromatic carbocycles. The topological polar surface area (TPSA) is 132 Å². The summed E-state index contributed by atoms with van der Waals surface area (Å²) in [5.74, 6) is -0.180. The first-order valence-corrected chi connectivity index (χ1v) is 14.4. The summed E-state index contributed by atoms with van der Waals surface area (Å²) in [4.78, 5) is 31.8. The van der Waals surface area contributed by atoms with Gasteiger partial charge in [0.2, 0.25) is 11.8 Å². The molecule has 0 bridgehead atoms. The van der Waals surface area contributed by atoms with Crippen LogP contribution in [0.4, 0.5) is 5.13 Å². The number of hydrogen-bond donors (Lipinski definition) is 5. The van der Waals surface area contributed by atoms with Crippen molar-refractivity contribution in [3.63, 3.8) is 0 Å². The van der Waals surface area contributed by atoms with Crippen LogP contribution in [0.15, 0.2) is 0 Å². The number of amides is 2. The molecule has 2 amide bonds. The predicted octanol–water partition coefficient (Wildman–Crippen LogP) is 3.85. The lowest BCUT2D eigenvalue weighted by molar-refractivity contribution is -0.144. The van der Waals surface area contributed by atoms with E-state index in [2.05, 4.69) is 31.4 Å². The van der Waals surface area contributed by atoms with Gasteiger partial charge in [0, 0.05) is 29.1 Å². The van der Waals surface area contributed by atoms with Crippen LogP contribution in [-0.4, -0.2) is 57.5 Å². The van der Waals surface area contributed by atoms with E-state index in [4.69, 9.17) is 4.98 Å². The number of anilines is 1. The minimum Gasteiger partial charge on any atom is -0.396 e. The van der Waals surface area contributed by atoms with Crippen molar-refractivity contribution in [1.82, 2.24) is 10.3 Å². The fourth-order valence-electron chi connectivity index (χ4n) is 6.56. The molecule has 0 radical (unpaired) electrons. The number of hydrogen-bond acceptors (Lipinski definition) is 7. The van der Waals surface area contributed by atoms with E-state index in [1.165, 1.54) is 11.3 Å². The first-order valence-electron chi connectivity index (χ1n) is 13.6. The van der Waals surface area contributed by atoms with E-state index in [0.29, 0.717) is 43.2 Å². The Balaban J connectivity index is 1.96. The van der Waals surface area contributed by atoms with Crippen LogP contribution in [0, 0.1) is 28.1 Å². The molecule has 0 saturated heterocycles. The molecule has 0 spiro atoms. The zero-order chi connectivity index (χ0) is 27.8. The Morgan fingerprint density at radius 3 is 2.43 bits per heavy atom. The first-order chi connectivity index (χ1) is 17.1. The minimum atomic E-state index is -0.704. The normalized spacial score (nSPS) is 30.4. The molecule has 8 nitrogen and oxygen atoms in total. The van der Waals surface area contributed by atoms with Crippen molar-refractivity contribution < 1.29 is 24.9 Å². The highest BCUT2D eigenvalue weighted by Crippen LogP contribution is 2.62. The summed E-state index contributed by atoms with van der Waals surface area (Å²) >= 11 is 1.44. The Bertz CT molecular complexity index is 974. The molecule has 5 N–H and O–H groups in total. The average Bonchev–Trinajstić information content (AvgIpc) is 3.17. The lowest BCUT2D eigenvalue weighted by Gasteiger charge is -2.58. The summed E-state index contributed by atoms with van der Waals surface area (Å²) in [6.45, 7) is 14.0. The van der Waals surface area contributed by atoms with Crippen LogP contribution < -0.4 is 10.6 Å². The Kier molecular flexibility index (Phi) is 9.15. The molecule has 9 heteroatoms.